The number of anilines is 1. The van der Waals surface area contributed by atoms with Crippen LogP contribution in [0.3, 0.4) is 0 Å². The summed E-state index contributed by atoms with van der Waals surface area (Å²) in [5, 5.41) is 2.79. The molecule has 172 valence electrons. The molecule has 1 aromatic heterocycles. The lowest BCUT2D eigenvalue weighted by Gasteiger charge is -2.18. The van der Waals surface area contributed by atoms with Gasteiger partial charge in [-0.1, -0.05) is 60.7 Å². The molecule has 7 nitrogen and oxygen atoms in total. The number of nitrogens with zero attached hydrogens (tertiary/aromatic N) is 1. The Hall–Kier alpha value is -4.39. The number of hydrogen-bond donors (Lipinski definition) is 1. The Kier molecular flexibility index (Phi) is 7.35. The molecule has 0 spiro atoms. The molecular weight excluding hydrogens is 432 g/mol. The molecule has 4 aromatic rings. The lowest BCUT2D eigenvalue weighted by molar-refractivity contribution is -0.154. The molecule has 1 unspecified atom stereocenters. The van der Waals surface area contributed by atoms with Gasteiger partial charge in [0, 0.05) is 23.2 Å². The summed E-state index contributed by atoms with van der Waals surface area (Å²) < 4.78 is 16.5. The summed E-state index contributed by atoms with van der Waals surface area (Å²) in [6, 6.07) is 25.4. The minimum absolute atomic E-state index is 0.0217. The van der Waals surface area contributed by atoms with E-state index < -0.39 is 18.0 Å². The lowest BCUT2D eigenvalue weighted by atomic mass is 10.1. The van der Waals surface area contributed by atoms with E-state index in [1.807, 2.05) is 36.4 Å². The predicted octanol–water partition coefficient (Wildman–Crippen LogP) is 5.21. The van der Waals surface area contributed by atoms with Gasteiger partial charge < -0.3 is 19.2 Å². The van der Waals surface area contributed by atoms with Crippen LogP contribution in [0.5, 0.6) is 5.75 Å². The minimum atomic E-state index is -1.10. The van der Waals surface area contributed by atoms with Crippen LogP contribution in [0, 0.1) is 0 Å². The monoisotopic (exact) mass is 456 g/mol. The van der Waals surface area contributed by atoms with Crippen molar-refractivity contribution in [2.45, 2.75) is 18.9 Å². The normalized spacial score (nSPS) is 11.4. The minimum Gasteiger partial charge on any atom is -0.497 e. The summed E-state index contributed by atoms with van der Waals surface area (Å²) in [6.07, 6.45) is 0.812. The van der Waals surface area contributed by atoms with Crippen molar-refractivity contribution in [1.29, 1.82) is 0 Å². The van der Waals surface area contributed by atoms with E-state index in [0.29, 0.717) is 28.7 Å². The molecule has 4 rings (SSSR count). The molecule has 0 saturated heterocycles. The van der Waals surface area contributed by atoms with Gasteiger partial charge in [-0.3, -0.25) is 9.59 Å². The highest BCUT2D eigenvalue weighted by molar-refractivity contribution is 5.96. The van der Waals surface area contributed by atoms with Crippen molar-refractivity contribution < 1.29 is 23.5 Å². The highest BCUT2D eigenvalue weighted by atomic mass is 16.5. The van der Waals surface area contributed by atoms with Gasteiger partial charge in [-0.2, -0.15) is 0 Å². The summed E-state index contributed by atoms with van der Waals surface area (Å²) in [5.74, 6) is 0.746. The maximum Gasteiger partial charge on any atom is 0.307 e. The van der Waals surface area contributed by atoms with Crippen LogP contribution in [0.25, 0.3) is 11.3 Å². The third kappa shape index (κ3) is 5.89. The van der Waals surface area contributed by atoms with E-state index in [1.54, 1.807) is 61.8 Å². The van der Waals surface area contributed by atoms with Crippen LogP contribution in [-0.4, -0.2) is 24.0 Å². The average molecular weight is 456 g/mol. The number of carbonyl (C=O) groups is 2. The second-order valence-electron chi connectivity index (χ2n) is 7.48. The van der Waals surface area contributed by atoms with Crippen LogP contribution in [-0.2, 0) is 20.7 Å². The molecule has 1 atom stereocenters. The molecule has 1 amide bonds. The Morgan fingerprint density at radius 2 is 1.62 bits per heavy atom. The first-order valence-corrected chi connectivity index (χ1v) is 10.8. The smallest absolute Gasteiger partial charge is 0.307 e. The van der Waals surface area contributed by atoms with E-state index in [2.05, 4.69) is 10.3 Å². The molecule has 1 N–H and O–H groups in total. The van der Waals surface area contributed by atoms with Crippen molar-refractivity contribution in [3.8, 4) is 17.1 Å². The lowest BCUT2D eigenvalue weighted by Crippen LogP contribution is -2.26. The number of methoxy groups -OCH3 is 1. The van der Waals surface area contributed by atoms with Crippen molar-refractivity contribution in [2.24, 2.45) is 0 Å². The quantitative estimate of drug-likeness (QED) is 0.348. The zero-order valence-electron chi connectivity index (χ0n) is 18.6. The second kappa shape index (κ2) is 11.0. The van der Waals surface area contributed by atoms with E-state index in [4.69, 9.17) is 13.9 Å². The Labute approximate surface area is 197 Å². The molecule has 1 heterocycles. The number of ether oxygens (including phenoxy) is 2. The number of benzene rings is 3. The molecule has 3 aromatic carbocycles. The van der Waals surface area contributed by atoms with Crippen LogP contribution in [0.4, 0.5) is 5.69 Å². The van der Waals surface area contributed by atoms with Gasteiger partial charge in [0.15, 0.2) is 11.7 Å². The topological polar surface area (TPSA) is 90.7 Å². The molecular formula is C27H24N2O5. The van der Waals surface area contributed by atoms with Crippen molar-refractivity contribution >= 4 is 17.6 Å². The zero-order valence-corrected chi connectivity index (χ0v) is 18.6. The number of amides is 1. The maximum absolute atomic E-state index is 13.0. The molecule has 0 aliphatic carbocycles. The van der Waals surface area contributed by atoms with Gasteiger partial charge >= 0.3 is 5.97 Å². The van der Waals surface area contributed by atoms with E-state index >= 15 is 0 Å². The van der Waals surface area contributed by atoms with Crippen LogP contribution in [0.2, 0.25) is 0 Å². The molecule has 0 aliphatic heterocycles. The van der Waals surface area contributed by atoms with Gasteiger partial charge in [0.2, 0.25) is 6.10 Å². The first kappa shape index (κ1) is 22.8. The zero-order chi connectivity index (χ0) is 23.8. The van der Waals surface area contributed by atoms with Crippen LogP contribution in [0.1, 0.15) is 24.0 Å². The number of oxazole rings is 1. The first-order chi connectivity index (χ1) is 16.6. The Morgan fingerprint density at radius 1 is 0.941 bits per heavy atom. The van der Waals surface area contributed by atoms with Crippen molar-refractivity contribution in [1.82, 2.24) is 4.98 Å². The number of rotatable bonds is 9. The number of aromatic nitrogens is 1. The van der Waals surface area contributed by atoms with E-state index in [1.165, 1.54) is 0 Å². The number of esters is 1. The fraction of sp³-hybridized carbons (Fsp3) is 0.148. The molecule has 7 heteroatoms. The first-order valence-electron chi connectivity index (χ1n) is 10.8. The fourth-order valence-electron chi connectivity index (χ4n) is 3.34. The number of nitrogens with one attached hydrogen (secondary N) is 1. The van der Waals surface area contributed by atoms with Gasteiger partial charge in [-0.15, -0.1) is 0 Å². The summed E-state index contributed by atoms with van der Waals surface area (Å²) in [7, 11) is 1.57. The van der Waals surface area contributed by atoms with Crippen LogP contribution in [0.15, 0.2) is 95.5 Å². The van der Waals surface area contributed by atoms with Gasteiger partial charge in [0.1, 0.15) is 5.75 Å². The summed E-state index contributed by atoms with van der Waals surface area (Å²) in [6.45, 7) is 0. The van der Waals surface area contributed by atoms with Gasteiger partial charge in [0.05, 0.1) is 19.7 Å². The Balaban J connectivity index is 1.40. The van der Waals surface area contributed by atoms with E-state index in [9.17, 15) is 9.59 Å². The van der Waals surface area contributed by atoms with Crippen LogP contribution >= 0.6 is 0 Å². The predicted molar refractivity (Wildman–Crippen MR) is 127 cm³/mol. The van der Waals surface area contributed by atoms with Crippen LogP contribution < -0.4 is 10.1 Å². The largest absolute Gasteiger partial charge is 0.497 e. The molecule has 34 heavy (non-hydrogen) atoms. The molecule has 0 aliphatic rings. The summed E-state index contributed by atoms with van der Waals surface area (Å²) in [4.78, 5) is 29.9. The van der Waals surface area contributed by atoms with Crippen molar-refractivity contribution in [3.63, 3.8) is 0 Å². The highest BCUT2D eigenvalue weighted by Gasteiger charge is 2.25. The third-order valence-electron chi connectivity index (χ3n) is 5.10. The van der Waals surface area contributed by atoms with E-state index in [-0.39, 0.29) is 12.8 Å². The van der Waals surface area contributed by atoms with Crippen molar-refractivity contribution in [2.75, 3.05) is 12.4 Å². The third-order valence-corrected chi connectivity index (χ3v) is 5.10. The molecule has 0 radical (unpaired) electrons. The standard InChI is InChI=1S/C27H24N2O5/c1-32-22-14-12-21(13-15-22)29-27(31)26(20-10-6-3-7-11-20)34-25(30)17-16-24-28-18-23(33-24)19-8-4-2-5-9-19/h2-15,18,26H,16-17H2,1H3,(H,29,31). The Bertz CT molecular complexity index is 1220. The number of aryl methyl sites for hydroxylation is 1. The second-order valence-corrected chi connectivity index (χ2v) is 7.48. The molecule has 0 saturated carbocycles. The number of hydrogen-bond acceptors (Lipinski definition) is 6. The van der Waals surface area contributed by atoms with Crippen molar-refractivity contribution in [3.05, 3.63) is 103 Å². The van der Waals surface area contributed by atoms with Gasteiger partial charge in [-0.05, 0) is 24.3 Å². The SMILES string of the molecule is COc1ccc(NC(=O)C(OC(=O)CCc2ncc(-c3ccccc3)o2)c2ccccc2)cc1. The highest BCUT2D eigenvalue weighted by Crippen LogP contribution is 2.23. The molecule has 0 fully saturated rings. The fourth-order valence-corrected chi connectivity index (χ4v) is 3.34. The summed E-state index contributed by atoms with van der Waals surface area (Å²) >= 11 is 0. The van der Waals surface area contributed by atoms with Gasteiger partial charge in [0.25, 0.3) is 5.91 Å². The number of carbonyl (C=O) groups excluding carboxylic acids is 2. The Morgan fingerprint density at radius 3 is 2.29 bits per heavy atom. The van der Waals surface area contributed by atoms with E-state index in [0.717, 1.165) is 5.56 Å². The summed E-state index contributed by atoms with van der Waals surface area (Å²) in [5.41, 5.74) is 2.04. The molecule has 0 bridgehead atoms. The average Bonchev–Trinajstić information content (AvgIpc) is 3.37. The van der Waals surface area contributed by atoms with Gasteiger partial charge in [-0.25, -0.2) is 4.98 Å². The maximum atomic E-state index is 13.0.